The van der Waals surface area contributed by atoms with Gasteiger partial charge in [0.2, 0.25) is 5.91 Å². The number of amides is 3. The zero-order chi connectivity index (χ0) is 22.7. The molecular weight excluding hydrogens is 430 g/mol. The summed E-state index contributed by atoms with van der Waals surface area (Å²) < 4.78 is 5.05. The van der Waals surface area contributed by atoms with Gasteiger partial charge in [-0.25, -0.2) is 0 Å². The number of anilines is 2. The molecule has 1 aromatic heterocycles. The highest BCUT2D eigenvalue weighted by atomic mass is 32.2. The summed E-state index contributed by atoms with van der Waals surface area (Å²) >= 11 is 1.37. The second kappa shape index (κ2) is 9.56. The molecule has 168 valence electrons. The molecule has 0 aliphatic carbocycles. The number of amidine groups is 1. The average molecular weight is 456 g/mol. The average Bonchev–Trinajstić information content (AvgIpc) is 3.31. The molecule has 1 unspecified atom stereocenters. The van der Waals surface area contributed by atoms with Crippen molar-refractivity contribution in [2.75, 3.05) is 23.7 Å². The lowest BCUT2D eigenvalue weighted by Crippen LogP contribution is -2.33. The summed E-state index contributed by atoms with van der Waals surface area (Å²) in [6.45, 7) is 5.29. The molecule has 1 saturated heterocycles. The lowest BCUT2D eigenvalue weighted by molar-refractivity contribution is -0.121. The number of nitrogens with zero attached hydrogens (tertiary/aromatic N) is 3. The van der Waals surface area contributed by atoms with Gasteiger partial charge in [-0.2, -0.15) is 4.99 Å². The number of piperidine rings is 1. The van der Waals surface area contributed by atoms with Crippen LogP contribution in [0.25, 0.3) is 0 Å². The maximum atomic E-state index is 12.5. The summed E-state index contributed by atoms with van der Waals surface area (Å²) in [5, 5.41) is 9.63. The smallest absolute Gasteiger partial charge is 0.262 e. The van der Waals surface area contributed by atoms with E-state index in [2.05, 4.69) is 25.7 Å². The zero-order valence-corrected chi connectivity index (χ0v) is 18.8. The molecule has 0 saturated carbocycles. The first-order valence-corrected chi connectivity index (χ1v) is 11.5. The predicted molar refractivity (Wildman–Crippen MR) is 123 cm³/mol. The van der Waals surface area contributed by atoms with E-state index in [0.29, 0.717) is 28.4 Å². The van der Waals surface area contributed by atoms with Crippen molar-refractivity contribution in [1.29, 1.82) is 0 Å². The number of likely N-dealkylation sites (tertiary alicyclic amines) is 1. The topological polar surface area (TPSA) is 117 Å². The number of benzene rings is 1. The standard InChI is InChI=1S/C22H25N5O4S/c1-13-19(14(2)31-26-13)24-20(29)15-6-8-16(9-7-15)23-18(28)12-17-21(30)25-22(32-17)27-10-4-3-5-11-27/h6-9,17H,3-5,10-12H2,1-2H3,(H,23,28)(H,24,29). The summed E-state index contributed by atoms with van der Waals surface area (Å²) in [5.74, 6) is -0.282. The van der Waals surface area contributed by atoms with E-state index < -0.39 is 5.25 Å². The minimum atomic E-state index is -0.493. The maximum absolute atomic E-state index is 12.5. The Morgan fingerprint density at radius 1 is 1.12 bits per heavy atom. The van der Waals surface area contributed by atoms with E-state index in [-0.39, 0.29) is 24.1 Å². The third kappa shape index (κ3) is 5.01. The van der Waals surface area contributed by atoms with Gasteiger partial charge in [0.05, 0.1) is 0 Å². The monoisotopic (exact) mass is 455 g/mol. The molecule has 0 bridgehead atoms. The SMILES string of the molecule is Cc1noc(C)c1NC(=O)c1ccc(NC(=O)CC2SC(N3CCCCC3)=NC2=O)cc1. The Labute approximate surface area is 190 Å². The maximum Gasteiger partial charge on any atom is 0.262 e. The van der Waals surface area contributed by atoms with Gasteiger partial charge < -0.3 is 20.1 Å². The molecule has 9 nitrogen and oxygen atoms in total. The van der Waals surface area contributed by atoms with Crippen LogP contribution in [0.4, 0.5) is 11.4 Å². The Morgan fingerprint density at radius 3 is 2.50 bits per heavy atom. The molecule has 2 aliphatic heterocycles. The predicted octanol–water partition coefficient (Wildman–Crippen LogP) is 3.36. The zero-order valence-electron chi connectivity index (χ0n) is 18.0. The highest BCUT2D eigenvalue weighted by Gasteiger charge is 2.33. The first-order chi connectivity index (χ1) is 15.4. The Balaban J connectivity index is 1.29. The molecule has 1 atom stereocenters. The van der Waals surface area contributed by atoms with E-state index in [1.807, 2.05) is 0 Å². The number of hydrogen-bond acceptors (Lipinski definition) is 7. The van der Waals surface area contributed by atoms with E-state index in [1.165, 1.54) is 18.2 Å². The number of aryl methyl sites for hydroxylation is 2. The molecule has 3 amide bonds. The molecule has 32 heavy (non-hydrogen) atoms. The van der Waals surface area contributed by atoms with Crippen LogP contribution >= 0.6 is 11.8 Å². The van der Waals surface area contributed by atoms with Crippen molar-refractivity contribution in [2.45, 2.75) is 44.8 Å². The molecule has 2 aromatic rings. The normalized spacial score (nSPS) is 18.4. The summed E-state index contributed by atoms with van der Waals surface area (Å²) in [5.41, 5.74) is 2.14. The number of aliphatic imine (C=N–C) groups is 1. The van der Waals surface area contributed by atoms with E-state index >= 15 is 0 Å². The molecule has 3 heterocycles. The Bertz CT molecular complexity index is 1040. The number of carbonyl (C=O) groups is 3. The molecule has 2 N–H and O–H groups in total. The quantitative estimate of drug-likeness (QED) is 0.710. The van der Waals surface area contributed by atoms with Gasteiger partial charge in [0.25, 0.3) is 11.8 Å². The van der Waals surface area contributed by atoms with Crippen molar-refractivity contribution in [1.82, 2.24) is 10.1 Å². The van der Waals surface area contributed by atoms with Crippen LogP contribution in [-0.2, 0) is 9.59 Å². The minimum absolute atomic E-state index is 0.0542. The van der Waals surface area contributed by atoms with Gasteiger partial charge in [-0.05, 0) is 57.4 Å². The fraction of sp³-hybridized carbons (Fsp3) is 0.409. The van der Waals surface area contributed by atoms with Gasteiger partial charge in [0.1, 0.15) is 16.6 Å². The van der Waals surface area contributed by atoms with Gasteiger partial charge in [-0.1, -0.05) is 16.9 Å². The number of thioether (sulfide) groups is 1. The number of nitrogens with one attached hydrogen (secondary N) is 2. The molecule has 1 aromatic carbocycles. The first kappa shape index (κ1) is 22.1. The van der Waals surface area contributed by atoms with E-state index in [9.17, 15) is 14.4 Å². The van der Waals surface area contributed by atoms with Crippen molar-refractivity contribution < 1.29 is 18.9 Å². The summed E-state index contributed by atoms with van der Waals surface area (Å²) in [7, 11) is 0. The van der Waals surface area contributed by atoms with Crippen molar-refractivity contribution >= 4 is 46.0 Å². The summed E-state index contributed by atoms with van der Waals surface area (Å²) in [4.78, 5) is 43.5. The fourth-order valence-electron chi connectivity index (χ4n) is 3.66. The molecule has 0 radical (unpaired) electrons. The van der Waals surface area contributed by atoms with Crippen molar-refractivity contribution in [2.24, 2.45) is 4.99 Å². The second-order valence-electron chi connectivity index (χ2n) is 7.87. The Kier molecular flexibility index (Phi) is 6.59. The van der Waals surface area contributed by atoms with Gasteiger partial charge in [-0.15, -0.1) is 0 Å². The summed E-state index contributed by atoms with van der Waals surface area (Å²) in [6, 6.07) is 6.55. The molecule has 4 rings (SSSR count). The van der Waals surface area contributed by atoms with Crippen LogP contribution < -0.4 is 10.6 Å². The fourth-order valence-corrected chi connectivity index (χ4v) is 4.78. The lowest BCUT2D eigenvalue weighted by Gasteiger charge is -2.27. The van der Waals surface area contributed by atoms with Crippen LogP contribution in [0.2, 0.25) is 0 Å². The third-order valence-corrected chi connectivity index (χ3v) is 6.64. The van der Waals surface area contributed by atoms with E-state index in [0.717, 1.165) is 31.1 Å². The number of rotatable bonds is 5. The Morgan fingerprint density at radius 2 is 1.84 bits per heavy atom. The molecular formula is C22H25N5O4S. The van der Waals surface area contributed by atoms with Gasteiger partial charge in [0.15, 0.2) is 10.9 Å². The van der Waals surface area contributed by atoms with Gasteiger partial charge in [-0.3, -0.25) is 14.4 Å². The highest BCUT2D eigenvalue weighted by molar-refractivity contribution is 8.15. The van der Waals surface area contributed by atoms with Crippen LogP contribution in [-0.4, -0.2) is 51.3 Å². The lowest BCUT2D eigenvalue weighted by atomic mass is 10.1. The largest absolute Gasteiger partial charge is 0.359 e. The van der Waals surface area contributed by atoms with E-state index in [4.69, 9.17) is 4.52 Å². The second-order valence-corrected chi connectivity index (χ2v) is 9.04. The van der Waals surface area contributed by atoms with Crippen molar-refractivity contribution in [3.63, 3.8) is 0 Å². The van der Waals surface area contributed by atoms with Crippen LogP contribution in [0.3, 0.4) is 0 Å². The minimum Gasteiger partial charge on any atom is -0.359 e. The number of hydrogen-bond donors (Lipinski definition) is 2. The summed E-state index contributed by atoms with van der Waals surface area (Å²) in [6.07, 6.45) is 3.46. The number of aromatic nitrogens is 1. The van der Waals surface area contributed by atoms with E-state index in [1.54, 1.807) is 38.1 Å². The first-order valence-electron chi connectivity index (χ1n) is 10.6. The molecule has 2 aliphatic rings. The molecule has 1 fully saturated rings. The van der Waals surface area contributed by atoms with Crippen LogP contribution in [0, 0.1) is 13.8 Å². The van der Waals surface area contributed by atoms with Crippen molar-refractivity contribution in [3.8, 4) is 0 Å². The third-order valence-electron chi connectivity index (χ3n) is 5.43. The Hall–Kier alpha value is -3.14. The highest BCUT2D eigenvalue weighted by Crippen LogP contribution is 2.29. The number of carbonyl (C=O) groups excluding carboxylic acids is 3. The molecule has 10 heteroatoms. The van der Waals surface area contributed by atoms with Crippen molar-refractivity contribution in [3.05, 3.63) is 41.3 Å². The van der Waals surface area contributed by atoms with Crippen LogP contribution in [0.5, 0.6) is 0 Å². The van der Waals surface area contributed by atoms with Gasteiger partial charge >= 0.3 is 0 Å². The van der Waals surface area contributed by atoms with Gasteiger partial charge in [0, 0.05) is 30.8 Å². The molecule has 0 spiro atoms. The van der Waals surface area contributed by atoms with Crippen LogP contribution in [0.15, 0.2) is 33.8 Å². The van der Waals surface area contributed by atoms with Crippen LogP contribution in [0.1, 0.15) is 47.5 Å².